The van der Waals surface area contributed by atoms with Crippen molar-refractivity contribution in [3.05, 3.63) is 82.5 Å². The third kappa shape index (κ3) is 3.45. The van der Waals surface area contributed by atoms with Gasteiger partial charge in [-0.3, -0.25) is 4.79 Å². The molecule has 3 aromatic carbocycles. The van der Waals surface area contributed by atoms with E-state index in [-0.39, 0.29) is 5.43 Å². The zero-order chi connectivity index (χ0) is 19.6. The lowest BCUT2D eigenvalue weighted by Crippen LogP contribution is -2.36. The predicted molar refractivity (Wildman–Crippen MR) is 114 cm³/mol. The highest BCUT2D eigenvalue weighted by atomic mass is 16.5. The van der Waals surface area contributed by atoms with Crippen LogP contribution in [0.5, 0.6) is 5.75 Å². The molecule has 4 aromatic rings. The van der Waals surface area contributed by atoms with Crippen LogP contribution in [-0.2, 0) is 11.3 Å². The maximum absolute atomic E-state index is 12.7. The first-order valence-corrected chi connectivity index (χ1v) is 9.78. The topological polar surface area (TPSA) is 51.9 Å². The smallest absolute Gasteiger partial charge is 0.200 e. The molecule has 0 amide bonds. The molecule has 5 nitrogen and oxygen atoms in total. The molecule has 0 N–H and O–H groups in total. The van der Waals surface area contributed by atoms with Gasteiger partial charge < -0.3 is 18.8 Å². The van der Waals surface area contributed by atoms with E-state index in [4.69, 9.17) is 13.9 Å². The lowest BCUT2D eigenvalue weighted by molar-refractivity contribution is 0.120. The fraction of sp³-hybridized carbons (Fsp3) is 0.208. The van der Waals surface area contributed by atoms with E-state index in [0.29, 0.717) is 55.5 Å². The monoisotopic (exact) mass is 387 g/mol. The van der Waals surface area contributed by atoms with Gasteiger partial charge in [0.15, 0.2) is 22.6 Å². The summed E-state index contributed by atoms with van der Waals surface area (Å²) in [4.78, 5) is 14.7. The van der Waals surface area contributed by atoms with Gasteiger partial charge in [0, 0.05) is 19.2 Å². The largest absolute Gasteiger partial charge is 0.485 e. The Bertz CT molecular complexity index is 1220. The Morgan fingerprint density at radius 1 is 0.897 bits per heavy atom. The number of benzene rings is 3. The summed E-state index contributed by atoms with van der Waals surface area (Å²) in [7, 11) is 0. The minimum absolute atomic E-state index is 0.0663. The number of anilines is 1. The van der Waals surface area contributed by atoms with E-state index >= 15 is 0 Å². The first kappa shape index (κ1) is 17.8. The van der Waals surface area contributed by atoms with Gasteiger partial charge >= 0.3 is 0 Å². The van der Waals surface area contributed by atoms with E-state index in [9.17, 15) is 4.79 Å². The maximum Gasteiger partial charge on any atom is 0.200 e. The fourth-order valence-electron chi connectivity index (χ4n) is 3.77. The molecule has 1 fully saturated rings. The number of hydrogen-bond donors (Lipinski definition) is 0. The van der Waals surface area contributed by atoms with Gasteiger partial charge in [-0.25, -0.2) is 0 Å². The molecule has 29 heavy (non-hydrogen) atoms. The van der Waals surface area contributed by atoms with Crippen LogP contribution in [0.3, 0.4) is 0 Å². The molecule has 5 rings (SSSR count). The van der Waals surface area contributed by atoms with Crippen LogP contribution in [0.2, 0.25) is 0 Å². The molecule has 2 heterocycles. The van der Waals surface area contributed by atoms with E-state index in [1.165, 1.54) is 5.39 Å². The van der Waals surface area contributed by atoms with Crippen LogP contribution in [0.25, 0.3) is 21.7 Å². The number of morpholine rings is 1. The van der Waals surface area contributed by atoms with Gasteiger partial charge in [0.1, 0.15) is 6.61 Å². The van der Waals surface area contributed by atoms with Crippen molar-refractivity contribution in [1.29, 1.82) is 0 Å². The van der Waals surface area contributed by atoms with E-state index in [2.05, 4.69) is 24.3 Å². The summed E-state index contributed by atoms with van der Waals surface area (Å²) in [5, 5.41) is 2.86. The lowest BCUT2D eigenvalue weighted by Gasteiger charge is -2.27. The number of hydrogen-bond acceptors (Lipinski definition) is 5. The predicted octanol–water partition coefficient (Wildman–Crippen LogP) is 4.36. The molecule has 0 radical (unpaired) electrons. The Balaban J connectivity index is 1.51. The van der Waals surface area contributed by atoms with Crippen LogP contribution in [0.1, 0.15) is 5.56 Å². The lowest BCUT2D eigenvalue weighted by atomic mass is 10.1. The molecule has 1 saturated heterocycles. The van der Waals surface area contributed by atoms with Gasteiger partial charge in [-0.05, 0) is 28.5 Å². The molecule has 0 atom stereocenters. The Kier molecular flexibility index (Phi) is 4.66. The average Bonchev–Trinajstić information content (AvgIpc) is 2.78. The molecule has 0 aliphatic carbocycles. The Morgan fingerprint density at radius 2 is 1.66 bits per heavy atom. The van der Waals surface area contributed by atoms with Gasteiger partial charge in [-0.2, -0.15) is 0 Å². The number of para-hydroxylation sites is 1. The Labute approximate surface area is 168 Å². The summed E-state index contributed by atoms with van der Waals surface area (Å²) in [6.45, 7) is 3.05. The highest BCUT2D eigenvalue weighted by Gasteiger charge is 2.17. The number of rotatable bonds is 4. The SMILES string of the molecule is O=c1cc(N2CCOCC2)oc2c(OCc3cccc4ccccc34)cccc12. The fourth-order valence-corrected chi connectivity index (χ4v) is 3.77. The van der Waals surface area contributed by atoms with E-state index in [1.807, 2.05) is 35.2 Å². The molecule has 0 unspecified atom stereocenters. The van der Waals surface area contributed by atoms with E-state index < -0.39 is 0 Å². The normalized spacial score (nSPS) is 14.4. The summed E-state index contributed by atoms with van der Waals surface area (Å²) >= 11 is 0. The third-order valence-corrected chi connectivity index (χ3v) is 5.29. The standard InChI is InChI=1S/C24H21NO4/c26-21-15-23(25-11-13-27-14-12-25)29-24-20(21)9-4-10-22(24)28-16-18-7-3-6-17-5-1-2-8-19(17)18/h1-10,15H,11-14,16H2. The van der Waals surface area contributed by atoms with Gasteiger partial charge in [-0.1, -0.05) is 48.5 Å². The Morgan fingerprint density at radius 3 is 2.55 bits per heavy atom. The van der Waals surface area contributed by atoms with Gasteiger partial charge in [0.25, 0.3) is 0 Å². The summed E-state index contributed by atoms with van der Waals surface area (Å²) < 4.78 is 17.7. The summed E-state index contributed by atoms with van der Waals surface area (Å²) in [6.07, 6.45) is 0. The second-order valence-electron chi connectivity index (χ2n) is 7.11. The van der Waals surface area contributed by atoms with Crippen molar-refractivity contribution in [2.24, 2.45) is 0 Å². The molecule has 146 valence electrons. The Hall–Kier alpha value is -3.31. The molecule has 1 aliphatic heterocycles. The maximum atomic E-state index is 12.7. The van der Waals surface area contributed by atoms with Crippen LogP contribution in [0.4, 0.5) is 5.88 Å². The van der Waals surface area contributed by atoms with Crippen LogP contribution >= 0.6 is 0 Å². The highest BCUT2D eigenvalue weighted by molar-refractivity contribution is 5.86. The van der Waals surface area contributed by atoms with E-state index in [1.54, 1.807) is 12.1 Å². The molecule has 0 bridgehead atoms. The average molecular weight is 387 g/mol. The minimum atomic E-state index is -0.0663. The zero-order valence-electron chi connectivity index (χ0n) is 16.0. The second kappa shape index (κ2) is 7.60. The first-order valence-electron chi connectivity index (χ1n) is 9.78. The molecular weight excluding hydrogens is 366 g/mol. The summed E-state index contributed by atoms with van der Waals surface area (Å²) in [5.74, 6) is 1.13. The van der Waals surface area contributed by atoms with Crippen LogP contribution in [0, 0.1) is 0 Å². The van der Waals surface area contributed by atoms with Crippen molar-refractivity contribution >= 4 is 27.6 Å². The van der Waals surface area contributed by atoms with Crippen LogP contribution in [0.15, 0.2) is 75.9 Å². The van der Waals surface area contributed by atoms with Crippen molar-refractivity contribution < 1.29 is 13.9 Å². The third-order valence-electron chi connectivity index (χ3n) is 5.29. The molecule has 1 aromatic heterocycles. The molecule has 1 aliphatic rings. The van der Waals surface area contributed by atoms with Crippen molar-refractivity contribution in [2.45, 2.75) is 6.61 Å². The molecular formula is C24H21NO4. The van der Waals surface area contributed by atoms with Crippen LogP contribution < -0.4 is 15.1 Å². The van der Waals surface area contributed by atoms with Gasteiger partial charge in [0.2, 0.25) is 0 Å². The highest BCUT2D eigenvalue weighted by Crippen LogP contribution is 2.29. The number of ether oxygens (including phenoxy) is 2. The second-order valence-corrected chi connectivity index (χ2v) is 7.11. The number of fused-ring (bicyclic) bond motifs is 2. The number of nitrogens with zero attached hydrogens (tertiary/aromatic N) is 1. The molecule has 5 heteroatoms. The summed E-state index contributed by atoms with van der Waals surface area (Å²) in [6, 6.07) is 21.4. The first-order chi connectivity index (χ1) is 14.3. The van der Waals surface area contributed by atoms with Crippen molar-refractivity contribution in [1.82, 2.24) is 0 Å². The molecule has 0 spiro atoms. The van der Waals surface area contributed by atoms with Gasteiger partial charge in [-0.15, -0.1) is 0 Å². The van der Waals surface area contributed by atoms with Crippen molar-refractivity contribution in [3.63, 3.8) is 0 Å². The van der Waals surface area contributed by atoms with Crippen molar-refractivity contribution in [3.8, 4) is 5.75 Å². The van der Waals surface area contributed by atoms with Crippen LogP contribution in [-0.4, -0.2) is 26.3 Å². The summed E-state index contributed by atoms with van der Waals surface area (Å²) in [5.41, 5.74) is 1.51. The minimum Gasteiger partial charge on any atom is -0.485 e. The van der Waals surface area contributed by atoms with E-state index in [0.717, 1.165) is 10.9 Å². The van der Waals surface area contributed by atoms with Gasteiger partial charge in [0.05, 0.1) is 18.6 Å². The van der Waals surface area contributed by atoms with Crippen molar-refractivity contribution in [2.75, 3.05) is 31.2 Å². The zero-order valence-corrected chi connectivity index (χ0v) is 16.0. The molecule has 0 saturated carbocycles. The quantitative estimate of drug-likeness (QED) is 0.521.